The van der Waals surface area contributed by atoms with Crippen molar-refractivity contribution in [3.05, 3.63) is 0 Å². The molecule has 0 aliphatic rings. The first-order valence-electron chi connectivity index (χ1n) is 4.42. The lowest BCUT2D eigenvalue weighted by Crippen LogP contribution is -2.39. The number of hydrogen-bond acceptors (Lipinski definition) is 3. The summed E-state index contributed by atoms with van der Waals surface area (Å²) in [6.45, 7) is 7.07. The van der Waals surface area contributed by atoms with Gasteiger partial charge in [-0.3, -0.25) is 9.59 Å². The molecule has 0 bridgehead atoms. The Bertz CT molecular complexity index is 191. The molecular weight excluding hydrogens is 170 g/mol. The van der Waals surface area contributed by atoms with Crippen LogP contribution in [0.3, 0.4) is 0 Å². The smallest absolute Gasteiger partial charge is 0.310 e. The van der Waals surface area contributed by atoms with Gasteiger partial charge >= 0.3 is 5.97 Å². The van der Waals surface area contributed by atoms with E-state index in [1.807, 2.05) is 0 Å². The molecule has 0 saturated carbocycles. The van der Waals surface area contributed by atoms with E-state index in [1.165, 1.54) is 6.92 Å². The number of amides is 1. The fourth-order valence-electron chi connectivity index (χ4n) is 0.923. The fourth-order valence-corrected chi connectivity index (χ4v) is 0.923. The average molecular weight is 187 g/mol. The zero-order valence-corrected chi connectivity index (χ0v) is 8.59. The van der Waals surface area contributed by atoms with Gasteiger partial charge in [0.1, 0.15) is 0 Å². The third-order valence-electron chi connectivity index (χ3n) is 1.84. The largest absolute Gasteiger partial charge is 0.466 e. The second kappa shape index (κ2) is 5.56. The van der Waals surface area contributed by atoms with E-state index in [4.69, 9.17) is 4.74 Å². The van der Waals surface area contributed by atoms with Crippen molar-refractivity contribution in [3.63, 3.8) is 0 Å². The minimum atomic E-state index is -0.302. The van der Waals surface area contributed by atoms with E-state index in [9.17, 15) is 9.59 Å². The molecule has 0 radical (unpaired) electrons. The zero-order valence-electron chi connectivity index (χ0n) is 8.59. The molecule has 0 fully saturated rings. The summed E-state index contributed by atoms with van der Waals surface area (Å²) in [5, 5.41) is 2.64. The standard InChI is InChI=1S/C9H17NO3/c1-5-13-9(12)6(2)7(3)10-8(4)11/h6-7H,5H2,1-4H3,(H,10,11)/t6-,7-/m1/s1. The Hall–Kier alpha value is -1.06. The van der Waals surface area contributed by atoms with Crippen LogP contribution in [0.4, 0.5) is 0 Å². The van der Waals surface area contributed by atoms with Crippen LogP contribution in [0.2, 0.25) is 0 Å². The van der Waals surface area contributed by atoms with Gasteiger partial charge in [0, 0.05) is 13.0 Å². The Morgan fingerprint density at radius 1 is 1.38 bits per heavy atom. The lowest BCUT2D eigenvalue weighted by Gasteiger charge is -2.18. The van der Waals surface area contributed by atoms with Crippen molar-refractivity contribution in [2.45, 2.75) is 33.7 Å². The number of rotatable bonds is 4. The number of esters is 1. The second-order valence-electron chi connectivity index (χ2n) is 3.03. The Kier molecular flexibility index (Phi) is 5.11. The number of carbonyl (C=O) groups is 2. The Morgan fingerprint density at radius 2 is 1.92 bits per heavy atom. The topological polar surface area (TPSA) is 55.4 Å². The highest BCUT2D eigenvalue weighted by Crippen LogP contribution is 2.04. The van der Waals surface area contributed by atoms with Crippen molar-refractivity contribution in [1.82, 2.24) is 5.32 Å². The minimum Gasteiger partial charge on any atom is -0.466 e. The van der Waals surface area contributed by atoms with Crippen LogP contribution < -0.4 is 5.32 Å². The van der Waals surface area contributed by atoms with Crippen LogP contribution >= 0.6 is 0 Å². The molecule has 0 aromatic carbocycles. The third-order valence-corrected chi connectivity index (χ3v) is 1.84. The maximum Gasteiger partial charge on any atom is 0.310 e. The zero-order chi connectivity index (χ0) is 10.4. The molecule has 2 atom stereocenters. The summed E-state index contributed by atoms with van der Waals surface area (Å²) in [5.41, 5.74) is 0. The van der Waals surface area contributed by atoms with Gasteiger partial charge in [0.15, 0.2) is 0 Å². The van der Waals surface area contributed by atoms with E-state index < -0.39 is 0 Å². The summed E-state index contributed by atoms with van der Waals surface area (Å²) >= 11 is 0. The van der Waals surface area contributed by atoms with Crippen molar-refractivity contribution in [3.8, 4) is 0 Å². The van der Waals surface area contributed by atoms with Crippen LogP contribution in [-0.2, 0) is 14.3 Å². The molecule has 0 aliphatic heterocycles. The van der Waals surface area contributed by atoms with Gasteiger partial charge in [0.05, 0.1) is 12.5 Å². The van der Waals surface area contributed by atoms with Crippen LogP contribution in [-0.4, -0.2) is 24.5 Å². The first-order valence-corrected chi connectivity index (χ1v) is 4.42. The molecule has 4 nitrogen and oxygen atoms in total. The molecule has 1 amide bonds. The Labute approximate surface area is 78.6 Å². The van der Waals surface area contributed by atoms with E-state index in [-0.39, 0.29) is 23.8 Å². The third kappa shape index (κ3) is 4.50. The monoisotopic (exact) mass is 187 g/mol. The van der Waals surface area contributed by atoms with Gasteiger partial charge in [-0.05, 0) is 20.8 Å². The molecule has 0 rings (SSSR count). The highest BCUT2D eigenvalue weighted by molar-refractivity contribution is 5.76. The van der Waals surface area contributed by atoms with Gasteiger partial charge in [-0.15, -0.1) is 0 Å². The molecule has 4 heteroatoms. The lowest BCUT2D eigenvalue weighted by atomic mass is 10.0. The van der Waals surface area contributed by atoms with Crippen LogP contribution in [0.25, 0.3) is 0 Å². The summed E-state index contributed by atoms with van der Waals surface area (Å²) < 4.78 is 4.82. The molecule has 0 aromatic heterocycles. The second-order valence-corrected chi connectivity index (χ2v) is 3.03. The summed E-state index contributed by atoms with van der Waals surface area (Å²) in [6, 6.07) is -0.184. The molecule has 76 valence electrons. The van der Waals surface area contributed by atoms with Crippen LogP contribution in [0.5, 0.6) is 0 Å². The molecule has 0 aliphatic carbocycles. The Morgan fingerprint density at radius 3 is 2.31 bits per heavy atom. The SMILES string of the molecule is CCOC(=O)[C@H](C)[C@@H](C)NC(C)=O. The van der Waals surface area contributed by atoms with Gasteiger partial charge in [-0.25, -0.2) is 0 Å². The number of nitrogens with one attached hydrogen (secondary N) is 1. The highest BCUT2D eigenvalue weighted by Gasteiger charge is 2.21. The molecule has 13 heavy (non-hydrogen) atoms. The van der Waals surface area contributed by atoms with Gasteiger partial charge in [-0.2, -0.15) is 0 Å². The van der Waals surface area contributed by atoms with Gasteiger partial charge < -0.3 is 10.1 Å². The van der Waals surface area contributed by atoms with E-state index in [0.29, 0.717) is 6.61 Å². The average Bonchev–Trinajstić information content (AvgIpc) is 2.02. The van der Waals surface area contributed by atoms with Crippen LogP contribution in [0, 0.1) is 5.92 Å². The highest BCUT2D eigenvalue weighted by atomic mass is 16.5. The molecule has 0 unspecified atom stereocenters. The van der Waals surface area contributed by atoms with E-state index in [1.54, 1.807) is 20.8 Å². The molecule has 0 saturated heterocycles. The molecule has 1 N–H and O–H groups in total. The number of ether oxygens (including phenoxy) is 1. The van der Waals surface area contributed by atoms with Crippen molar-refractivity contribution in [2.75, 3.05) is 6.61 Å². The normalized spacial score (nSPS) is 14.5. The van der Waals surface area contributed by atoms with Crippen LogP contribution in [0.1, 0.15) is 27.7 Å². The first kappa shape index (κ1) is 11.9. The van der Waals surface area contributed by atoms with Crippen molar-refractivity contribution in [1.29, 1.82) is 0 Å². The number of carbonyl (C=O) groups excluding carboxylic acids is 2. The minimum absolute atomic E-state index is 0.136. The summed E-state index contributed by atoms with van der Waals surface area (Å²) in [7, 11) is 0. The van der Waals surface area contributed by atoms with Crippen LogP contribution in [0.15, 0.2) is 0 Å². The molecule has 0 spiro atoms. The number of hydrogen-bond donors (Lipinski definition) is 1. The fraction of sp³-hybridized carbons (Fsp3) is 0.778. The predicted octanol–water partition coefficient (Wildman–Crippen LogP) is 0.710. The summed E-state index contributed by atoms with van der Waals surface area (Å²) in [4.78, 5) is 21.9. The van der Waals surface area contributed by atoms with E-state index in [2.05, 4.69) is 5.32 Å². The molecule has 0 aromatic rings. The Balaban J connectivity index is 4.00. The van der Waals surface area contributed by atoms with Crippen molar-refractivity contribution < 1.29 is 14.3 Å². The van der Waals surface area contributed by atoms with Crippen molar-refractivity contribution >= 4 is 11.9 Å². The summed E-state index contributed by atoms with van der Waals surface area (Å²) in [6.07, 6.45) is 0. The summed E-state index contributed by atoms with van der Waals surface area (Å²) in [5.74, 6) is -0.712. The van der Waals surface area contributed by atoms with Crippen molar-refractivity contribution in [2.24, 2.45) is 5.92 Å². The van der Waals surface area contributed by atoms with Gasteiger partial charge in [0.25, 0.3) is 0 Å². The maximum atomic E-state index is 11.2. The quantitative estimate of drug-likeness (QED) is 0.659. The predicted molar refractivity (Wildman–Crippen MR) is 49.1 cm³/mol. The van der Waals surface area contributed by atoms with Gasteiger partial charge in [0.2, 0.25) is 5.91 Å². The molecular formula is C9H17NO3. The molecule has 0 heterocycles. The van der Waals surface area contributed by atoms with E-state index in [0.717, 1.165) is 0 Å². The van der Waals surface area contributed by atoms with E-state index >= 15 is 0 Å². The first-order chi connectivity index (χ1) is 5.99. The lowest BCUT2D eigenvalue weighted by molar-refractivity contribution is -0.148. The maximum absolute atomic E-state index is 11.2. The van der Waals surface area contributed by atoms with Gasteiger partial charge in [-0.1, -0.05) is 0 Å².